The lowest BCUT2D eigenvalue weighted by Gasteiger charge is -2.11. The first-order valence-corrected chi connectivity index (χ1v) is 10.3. The van der Waals surface area contributed by atoms with Crippen molar-refractivity contribution in [2.75, 3.05) is 22.5 Å². The number of furan rings is 1. The van der Waals surface area contributed by atoms with Crippen LogP contribution in [0.4, 0.5) is 17.1 Å². The number of carbonyl (C=O) groups excluding carboxylic acids is 3. The van der Waals surface area contributed by atoms with Crippen LogP contribution in [0.2, 0.25) is 0 Å². The highest BCUT2D eigenvalue weighted by atomic mass is 16.3. The van der Waals surface area contributed by atoms with Gasteiger partial charge in [-0.2, -0.15) is 0 Å². The van der Waals surface area contributed by atoms with Crippen molar-refractivity contribution in [1.29, 1.82) is 0 Å². The van der Waals surface area contributed by atoms with E-state index >= 15 is 0 Å². The summed E-state index contributed by atoms with van der Waals surface area (Å²) in [6, 6.07) is 17.4. The van der Waals surface area contributed by atoms with E-state index in [1.807, 2.05) is 13.8 Å². The zero-order valence-corrected chi connectivity index (χ0v) is 18.0. The van der Waals surface area contributed by atoms with Crippen LogP contribution < -0.4 is 21.3 Å². The first-order chi connectivity index (χ1) is 15.4. The minimum absolute atomic E-state index is 0.0482. The molecule has 0 aliphatic rings. The summed E-state index contributed by atoms with van der Waals surface area (Å²) in [5, 5.41) is 11.4. The van der Waals surface area contributed by atoms with Crippen molar-refractivity contribution in [3.63, 3.8) is 0 Å². The molecule has 8 nitrogen and oxygen atoms in total. The standard InChI is InChI=1S/C24H26N4O4/c1-16(2)23(30)28-20-6-3-5-19(13-20)27-22(29)15-25-18-10-8-17(9-11-18)24(31)26-14-21-7-4-12-32-21/h3-13,16,25H,14-15H2,1-2H3,(H,26,31)(H,27,29)(H,28,30). The van der Waals surface area contributed by atoms with Gasteiger partial charge in [0.05, 0.1) is 19.4 Å². The average Bonchev–Trinajstić information content (AvgIpc) is 3.30. The summed E-state index contributed by atoms with van der Waals surface area (Å²) in [4.78, 5) is 36.3. The third-order valence-corrected chi connectivity index (χ3v) is 4.54. The van der Waals surface area contributed by atoms with Crippen molar-refractivity contribution in [1.82, 2.24) is 5.32 Å². The van der Waals surface area contributed by atoms with Gasteiger partial charge in [0, 0.05) is 28.5 Å². The van der Waals surface area contributed by atoms with Crippen LogP contribution >= 0.6 is 0 Å². The van der Waals surface area contributed by atoms with Crippen molar-refractivity contribution in [2.45, 2.75) is 20.4 Å². The third-order valence-electron chi connectivity index (χ3n) is 4.54. The number of hydrogen-bond acceptors (Lipinski definition) is 5. The molecule has 0 atom stereocenters. The van der Waals surface area contributed by atoms with Crippen LogP contribution in [0.5, 0.6) is 0 Å². The quantitative estimate of drug-likeness (QED) is 0.409. The maximum absolute atomic E-state index is 12.3. The second-order valence-corrected chi connectivity index (χ2v) is 7.47. The van der Waals surface area contributed by atoms with Gasteiger partial charge in [-0.15, -0.1) is 0 Å². The molecule has 3 aromatic rings. The van der Waals surface area contributed by atoms with Crippen LogP contribution in [0.1, 0.15) is 30.0 Å². The van der Waals surface area contributed by atoms with Crippen LogP contribution in [-0.4, -0.2) is 24.3 Å². The van der Waals surface area contributed by atoms with Crippen molar-refractivity contribution >= 4 is 34.8 Å². The molecule has 0 saturated heterocycles. The Labute approximate surface area is 186 Å². The van der Waals surface area contributed by atoms with Crippen molar-refractivity contribution in [3.05, 3.63) is 78.3 Å². The van der Waals surface area contributed by atoms with E-state index < -0.39 is 0 Å². The van der Waals surface area contributed by atoms with E-state index in [1.165, 1.54) is 0 Å². The third kappa shape index (κ3) is 6.73. The molecule has 0 aliphatic carbocycles. The maximum Gasteiger partial charge on any atom is 0.251 e. The molecule has 0 unspecified atom stereocenters. The largest absolute Gasteiger partial charge is 0.467 e. The lowest BCUT2D eigenvalue weighted by atomic mass is 10.2. The molecule has 0 spiro atoms. The molecule has 0 radical (unpaired) electrons. The molecule has 3 amide bonds. The summed E-state index contributed by atoms with van der Waals surface area (Å²) in [5.41, 5.74) is 2.42. The predicted molar refractivity (Wildman–Crippen MR) is 123 cm³/mol. The SMILES string of the molecule is CC(C)C(=O)Nc1cccc(NC(=O)CNc2ccc(C(=O)NCc3ccco3)cc2)c1. The highest BCUT2D eigenvalue weighted by Gasteiger charge is 2.09. The Morgan fingerprint density at radius 3 is 2.25 bits per heavy atom. The van der Waals surface area contributed by atoms with E-state index in [1.54, 1.807) is 66.9 Å². The molecular weight excluding hydrogens is 408 g/mol. The molecule has 1 aromatic heterocycles. The molecule has 166 valence electrons. The minimum atomic E-state index is -0.238. The van der Waals surface area contributed by atoms with E-state index in [4.69, 9.17) is 4.42 Å². The Balaban J connectivity index is 1.46. The fourth-order valence-corrected chi connectivity index (χ4v) is 2.77. The lowest BCUT2D eigenvalue weighted by molar-refractivity contribution is -0.119. The van der Waals surface area contributed by atoms with E-state index in [9.17, 15) is 14.4 Å². The van der Waals surface area contributed by atoms with Gasteiger partial charge in [0.1, 0.15) is 5.76 Å². The number of nitrogens with one attached hydrogen (secondary N) is 4. The Hall–Kier alpha value is -4.07. The molecule has 0 fully saturated rings. The summed E-state index contributed by atoms with van der Waals surface area (Å²) in [7, 11) is 0. The number of carbonyl (C=O) groups is 3. The predicted octanol–water partition coefficient (Wildman–Crippen LogP) is 3.85. The summed E-state index contributed by atoms with van der Waals surface area (Å²) >= 11 is 0. The summed E-state index contributed by atoms with van der Waals surface area (Å²) in [6.45, 7) is 3.99. The Morgan fingerprint density at radius 1 is 0.875 bits per heavy atom. The monoisotopic (exact) mass is 434 g/mol. The van der Waals surface area contributed by atoms with Crippen LogP contribution in [-0.2, 0) is 16.1 Å². The minimum Gasteiger partial charge on any atom is -0.467 e. The average molecular weight is 434 g/mol. The van der Waals surface area contributed by atoms with Crippen molar-refractivity contribution in [3.8, 4) is 0 Å². The molecule has 1 heterocycles. The van der Waals surface area contributed by atoms with Gasteiger partial charge in [0.25, 0.3) is 5.91 Å². The molecule has 3 rings (SSSR count). The smallest absolute Gasteiger partial charge is 0.251 e. The fraction of sp³-hybridized carbons (Fsp3) is 0.208. The number of amides is 3. The van der Waals surface area contributed by atoms with Gasteiger partial charge in [0.15, 0.2) is 0 Å². The van der Waals surface area contributed by atoms with Gasteiger partial charge in [-0.3, -0.25) is 14.4 Å². The number of hydrogen-bond donors (Lipinski definition) is 4. The highest BCUT2D eigenvalue weighted by Crippen LogP contribution is 2.16. The van der Waals surface area contributed by atoms with Crippen molar-refractivity contribution < 1.29 is 18.8 Å². The van der Waals surface area contributed by atoms with E-state index in [2.05, 4.69) is 21.3 Å². The second-order valence-electron chi connectivity index (χ2n) is 7.47. The molecule has 2 aromatic carbocycles. The topological polar surface area (TPSA) is 112 Å². The number of benzene rings is 2. The Bertz CT molecular complexity index is 1060. The normalized spacial score (nSPS) is 10.5. The number of anilines is 3. The zero-order valence-electron chi connectivity index (χ0n) is 18.0. The zero-order chi connectivity index (χ0) is 22.9. The van der Waals surface area contributed by atoms with Crippen molar-refractivity contribution in [2.24, 2.45) is 5.92 Å². The van der Waals surface area contributed by atoms with Crippen LogP contribution in [0.25, 0.3) is 0 Å². The van der Waals surface area contributed by atoms with Gasteiger partial charge in [-0.1, -0.05) is 19.9 Å². The van der Waals surface area contributed by atoms with Crippen LogP contribution in [0.15, 0.2) is 71.3 Å². The molecule has 0 aliphatic heterocycles. The highest BCUT2D eigenvalue weighted by molar-refractivity contribution is 5.96. The van der Waals surface area contributed by atoms with Gasteiger partial charge in [-0.25, -0.2) is 0 Å². The van der Waals surface area contributed by atoms with E-state index in [0.717, 1.165) is 0 Å². The summed E-state index contributed by atoms with van der Waals surface area (Å²) in [5.74, 6) is 0.00220. The van der Waals surface area contributed by atoms with Crippen LogP contribution in [0.3, 0.4) is 0 Å². The Morgan fingerprint density at radius 2 is 1.59 bits per heavy atom. The molecule has 8 heteroatoms. The van der Waals surface area contributed by atoms with E-state index in [0.29, 0.717) is 34.9 Å². The van der Waals surface area contributed by atoms with Gasteiger partial charge in [-0.05, 0) is 54.6 Å². The number of rotatable bonds is 9. The van der Waals surface area contributed by atoms with Crippen LogP contribution in [0, 0.1) is 5.92 Å². The molecule has 32 heavy (non-hydrogen) atoms. The molecule has 0 saturated carbocycles. The second kappa shape index (κ2) is 10.8. The summed E-state index contributed by atoms with van der Waals surface area (Å²) in [6.07, 6.45) is 1.56. The first-order valence-electron chi connectivity index (χ1n) is 10.3. The molecular formula is C24H26N4O4. The molecule has 0 bridgehead atoms. The van der Waals surface area contributed by atoms with Gasteiger partial charge < -0.3 is 25.7 Å². The molecule has 4 N–H and O–H groups in total. The summed E-state index contributed by atoms with van der Waals surface area (Å²) < 4.78 is 5.19. The Kier molecular flexibility index (Phi) is 7.64. The lowest BCUT2D eigenvalue weighted by Crippen LogP contribution is -2.23. The van der Waals surface area contributed by atoms with E-state index in [-0.39, 0.29) is 30.2 Å². The van der Waals surface area contributed by atoms with Gasteiger partial charge in [0.2, 0.25) is 11.8 Å². The fourth-order valence-electron chi connectivity index (χ4n) is 2.77. The first kappa shape index (κ1) is 22.6. The maximum atomic E-state index is 12.3. The van der Waals surface area contributed by atoms with Gasteiger partial charge >= 0.3 is 0 Å².